The highest BCUT2D eigenvalue weighted by atomic mass is 16.5. The van der Waals surface area contributed by atoms with Crippen LogP contribution in [-0.2, 0) is 11.8 Å². The molecule has 1 saturated carbocycles. The maximum Gasteiger partial charge on any atom is 0.0594 e. The lowest BCUT2D eigenvalue weighted by atomic mass is 9.82. The number of morpholine rings is 1. The molecule has 0 aromatic carbocycles. The van der Waals surface area contributed by atoms with Crippen molar-refractivity contribution in [2.45, 2.75) is 37.3 Å². The first-order valence-corrected chi connectivity index (χ1v) is 7.75. The third-order valence-corrected chi connectivity index (χ3v) is 4.99. The number of nitrogens with one attached hydrogen (secondary N) is 1. The third kappa shape index (κ3) is 2.38. The Kier molecular flexibility index (Phi) is 4.10. The molecule has 5 nitrogen and oxygen atoms in total. The predicted molar refractivity (Wildman–Crippen MR) is 78.6 cm³/mol. The number of nitrogens with zero attached hydrogens (tertiary/aromatic N) is 3. The SMILES string of the molecule is CNC(c1cnn(C)c1)C1(N2CCOCC2)CCCC1. The van der Waals surface area contributed by atoms with E-state index < -0.39 is 0 Å². The molecular formula is C15H26N4O. The third-order valence-electron chi connectivity index (χ3n) is 4.99. The molecule has 1 aliphatic carbocycles. The summed E-state index contributed by atoms with van der Waals surface area (Å²) in [6.45, 7) is 3.84. The van der Waals surface area contributed by atoms with Crippen molar-refractivity contribution >= 4 is 0 Å². The van der Waals surface area contributed by atoms with Gasteiger partial charge in [-0.2, -0.15) is 5.10 Å². The van der Waals surface area contributed by atoms with E-state index in [4.69, 9.17) is 4.74 Å². The number of aryl methyl sites for hydroxylation is 1. The fourth-order valence-electron chi connectivity index (χ4n) is 4.12. The highest BCUT2D eigenvalue weighted by molar-refractivity contribution is 5.19. The molecule has 1 aromatic heterocycles. The van der Waals surface area contributed by atoms with Crippen LogP contribution < -0.4 is 5.32 Å². The minimum absolute atomic E-state index is 0.238. The molecule has 0 bridgehead atoms. The Morgan fingerprint density at radius 1 is 1.30 bits per heavy atom. The lowest BCUT2D eigenvalue weighted by Crippen LogP contribution is -2.57. The van der Waals surface area contributed by atoms with Crippen LogP contribution in [0.2, 0.25) is 0 Å². The molecule has 1 unspecified atom stereocenters. The van der Waals surface area contributed by atoms with Crippen LogP contribution in [0.1, 0.15) is 37.3 Å². The van der Waals surface area contributed by atoms with E-state index in [1.54, 1.807) is 0 Å². The number of likely N-dealkylation sites (N-methyl/N-ethyl adjacent to an activating group) is 1. The molecule has 2 heterocycles. The molecule has 2 fully saturated rings. The normalized spacial score (nSPS) is 24.9. The zero-order chi connectivity index (χ0) is 14.0. The first-order chi connectivity index (χ1) is 9.76. The molecule has 0 radical (unpaired) electrons. The van der Waals surface area contributed by atoms with Crippen molar-refractivity contribution in [1.82, 2.24) is 20.0 Å². The first-order valence-electron chi connectivity index (χ1n) is 7.75. The summed E-state index contributed by atoms with van der Waals surface area (Å²) < 4.78 is 7.45. The van der Waals surface area contributed by atoms with Crippen LogP contribution in [0, 0.1) is 0 Å². The molecular weight excluding hydrogens is 252 g/mol. The lowest BCUT2D eigenvalue weighted by Gasteiger charge is -2.48. The summed E-state index contributed by atoms with van der Waals surface area (Å²) in [7, 11) is 4.07. The number of aromatic nitrogens is 2. The summed E-state index contributed by atoms with van der Waals surface area (Å²) in [5.41, 5.74) is 1.55. The van der Waals surface area contributed by atoms with E-state index in [1.165, 1.54) is 31.2 Å². The Morgan fingerprint density at radius 2 is 2.00 bits per heavy atom. The van der Waals surface area contributed by atoms with Gasteiger partial charge in [-0.3, -0.25) is 9.58 Å². The number of ether oxygens (including phenoxy) is 1. The quantitative estimate of drug-likeness (QED) is 0.902. The molecule has 2 aliphatic rings. The van der Waals surface area contributed by atoms with Gasteiger partial charge in [-0.15, -0.1) is 0 Å². The molecule has 5 heteroatoms. The molecule has 20 heavy (non-hydrogen) atoms. The summed E-state index contributed by atoms with van der Waals surface area (Å²) in [4.78, 5) is 2.66. The highest BCUT2D eigenvalue weighted by Gasteiger charge is 2.46. The van der Waals surface area contributed by atoms with Gasteiger partial charge in [0.05, 0.1) is 25.5 Å². The Hall–Kier alpha value is -0.910. The highest BCUT2D eigenvalue weighted by Crippen LogP contribution is 2.44. The number of rotatable bonds is 4. The van der Waals surface area contributed by atoms with Gasteiger partial charge in [0.2, 0.25) is 0 Å². The van der Waals surface area contributed by atoms with Gasteiger partial charge in [0.25, 0.3) is 0 Å². The lowest BCUT2D eigenvalue weighted by molar-refractivity contribution is -0.0354. The van der Waals surface area contributed by atoms with E-state index in [0.717, 1.165) is 26.3 Å². The largest absolute Gasteiger partial charge is 0.379 e. The van der Waals surface area contributed by atoms with Crippen LogP contribution in [0.4, 0.5) is 0 Å². The minimum atomic E-state index is 0.238. The molecule has 0 amide bonds. The average Bonchev–Trinajstić information content (AvgIpc) is 3.12. The van der Waals surface area contributed by atoms with E-state index in [2.05, 4.69) is 28.6 Å². The van der Waals surface area contributed by atoms with Gasteiger partial charge in [-0.25, -0.2) is 0 Å². The summed E-state index contributed by atoms with van der Waals surface area (Å²) >= 11 is 0. The molecule has 1 atom stereocenters. The van der Waals surface area contributed by atoms with Crippen LogP contribution >= 0.6 is 0 Å². The summed E-state index contributed by atoms with van der Waals surface area (Å²) in [6.07, 6.45) is 9.37. The zero-order valence-electron chi connectivity index (χ0n) is 12.6. The van der Waals surface area contributed by atoms with E-state index >= 15 is 0 Å². The molecule has 3 rings (SSSR count). The van der Waals surface area contributed by atoms with Gasteiger partial charge in [0.15, 0.2) is 0 Å². The van der Waals surface area contributed by atoms with Crippen molar-refractivity contribution < 1.29 is 4.74 Å². The fraction of sp³-hybridized carbons (Fsp3) is 0.800. The van der Waals surface area contributed by atoms with Crippen LogP contribution in [0.25, 0.3) is 0 Å². The van der Waals surface area contributed by atoms with Gasteiger partial charge >= 0.3 is 0 Å². The van der Waals surface area contributed by atoms with Crippen molar-refractivity contribution in [3.8, 4) is 0 Å². The Balaban J connectivity index is 1.91. The van der Waals surface area contributed by atoms with Crippen molar-refractivity contribution in [1.29, 1.82) is 0 Å². The Bertz CT molecular complexity index is 433. The first kappa shape index (κ1) is 14.0. The van der Waals surface area contributed by atoms with Gasteiger partial charge in [-0.05, 0) is 19.9 Å². The van der Waals surface area contributed by atoms with E-state index in [1.807, 2.05) is 17.9 Å². The monoisotopic (exact) mass is 278 g/mol. The van der Waals surface area contributed by atoms with Crippen molar-refractivity contribution in [2.24, 2.45) is 7.05 Å². The van der Waals surface area contributed by atoms with Crippen LogP contribution in [0.3, 0.4) is 0 Å². The van der Waals surface area contributed by atoms with E-state index in [-0.39, 0.29) is 5.54 Å². The van der Waals surface area contributed by atoms with Crippen LogP contribution in [0.15, 0.2) is 12.4 Å². The van der Waals surface area contributed by atoms with Crippen molar-refractivity contribution in [3.63, 3.8) is 0 Å². The van der Waals surface area contributed by atoms with Gasteiger partial charge in [0.1, 0.15) is 0 Å². The number of hydrogen-bond donors (Lipinski definition) is 1. The summed E-state index contributed by atoms with van der Waals surface area (Å²) in [5, 5.41) is 7.94. The fourth-order valence-corrected chi connectivity index (χ4v) is 4.12. The smallest absolute Gasteiger partial charge is 0.0594 e. The minimum Gasteiger partial charge on any atom is -0.379 e. The van der Waals surface area contributed by atoms with E-state index in [0.29, 0.717) is 6.04 Å². The Labute approximate surface area is 121 Å². The molecule has 1 saturated heterocycles. The molecule has 0 spiro atoms. The molecule has 1 N–H and O–H groups in total. The average molecular weight is 278 g/mol. The second-order valence-electron chi connectivity index (χ2n) is 6.08. The van der Waals surface area contributed by atoms with E-state index in [9.17, 15) is 0 Å². The maximum atomic E-state index is 5.55. The van der Waals surface area contributed by atoms with Crippen molar-refractivity contribution in [2.75, 3.05) is 33.4 Å². The van der Waals surface area contributed by atoms with Gasteiger partial charge in [0, 0.05) is 37.4 Å². The molecule has 1 aromatic rings. The van der Waals surface area contributed by atoms with Crippen molar-refractivity contribution in [3.05, 3.63) is 18.0 Å². The molecule has 112 valence electrons. The standard InChI is InChI=1S/C15H26N4O/c1-16-14(13-11-17-18(2)12-13)15(5-3-4-6-15)19-7-9-20-10-8-19/h11-12,14,16H,3-10H2,1-2H3. The second-order valence-corrected chi connectivity index (χ2v) is 6.08. The summed E-state index contributed by atoms with van der Waals surface area (Å²) in [5.74, 6) is 0. The molecule has 1 aliphatic heterocycles. The van der Waals surface area contributed by atoms with Crippen LogP contribution in [0.5, 0.6) is 0 Å². The zero-order valence-corrected chi connectivity index (χ0v) is 12.6. The maximum absolute atomic E-state index is 5.55. The summed E-state index contributed by atoms with van der Waals surface area (Å²) in [6, 6.07) is 0.358. The number of hydrogen-bond acceptors (Lipinski definition) is 4. The second kappa shape index (κ2) is 5.84. The van der Waals surface area contributed by atoms with Gasteiger partial charge < -0.3 is 10.1 Å². The topological polar surface area (TPSA) is 42.3 Å². The predicted octanol–water partition coefficient (Wildman–Crippen LogP) is 1.33. The van der Waals surface area contributed by atoms with Crippen LogP contribution in [-0.4, -0.2) is 53.6 Å². The van der Waals surface area contributed by atoms with Gasteiger partial charge in [-0.1, -0.05) is 12.8 Å². The Morgan fingerprint density at radius 3 is 2.55 bits per heavy atom.